The van der Waals surface area contributed by atoms with E-state index in [0.29, 0.717) is 13.1 Å². The van der Waals surface area contributed by atoms with Crippen molar-refractivity contribution >= 4 is 0 Å². The SMILES string of the molecule is NCC1(CN(CCO)CC(F)(F)F)CCCC1. The molecule has 0 aromatic carbocycles. The van der Waals surface area contributed by atoms with Crippen molar-refractivity contribution in [2.45, 2.75) is 31.9 Å². The van der Waals surface area contributed by atoms with E-state index in [0.717, 1.165) is 25.7 Å². The molecule has 0 bridgehead atoms. The zero-order valence-corrected chi connectivity index (χ0v) is 9.97. The average molecular weight is 254 g/mol. The molecule has 17 heavy (non-hydrogen) atoms. The number of halogens is 3. The summed E-state index contributed by atoms with van der Waals surface area (Å²) in [7, 11) is 0. The van der Waals surface area contributed by atoms with E-state index < -0.39 is 12.7 Å². The lowest BCUT2D eigenvalue weighted by Gasteiger charge is -2.34. The van der Waals surface area contributed by atoms with Crippen LogP contribution >= 0.6 is 0 Å². The van der Waals surface area contributed by atoms with Crippen LogP contribution in [0, 0.1) is 5.41 Å². The number of rotatable bonds is 6. The molecule has 1 saturated carbocycles. The number of aliphatic hydroxyl groups excluding tert-OH is 1. The predicted molar refractivity (Wildman–Crippen MR) is 59.5 cm³/mol. The lowest BCUT2D eigenvalue weighted by atomic mass is 9.85. The Morgan fingerprint density at radius 3 is 2.24 bits per heavy atom. The lowest BCUT2D eigenvalue weighted by molar-refractivity contribution is -0.149. The van der Waals surface area contributed by atoms with Crippen molar-refractivity contribution in [3.63, 3.8) is 0 Å². The first kappa shape index (κ1) is 14.7. The van der Waals surface area contributed by atoms with Crippen molar-refractivity contribution in [2.75, 3.05) is 32.8 Å². The summed E-state index contributed by atoms with van der Waals surface area (Å²) in [6.45, 7) is -0.399. The molecular formula is C11H21F3N2O. The normalized spacial score (nSPS) is 20.1. The zero-order valence-electron chi connectivity index (χ0n) is 9.97. The number of alkyl halides is 3. The van der Waals surface area contributed by atoms with E-state index in [-0.39, 0.29) is 18.6 Å². The second kappa shape index (κ2) is 6.02. The summed E-state index contributed by atoms with van der Waals surface area (Å²) in [5, 5.41) is 8.82. The Morgan fingerprint density at radius 2 is 1.82 bits per heavy atom. The molecule has 0 heterocycles. The molecular weight excluding hydrogens is 233 g/mol. The van der Waals surface area contributed by atoms with Crippen LogP contribution in [0.15, 0.2) is 0 Å². The smallest absolute Gasteiger partial charge is 0.395 e. The van der Waals surface area contributed by atoms with Gasteiger partial charge in [0.1, 0.15) is 0 Å². The van der Waals surface area contributed by atoms with Gasteiger partial charge in [-0.1, -0.05) is 12.8 Å². The van der Waals surface area contributed by atoms with Crippen LogP contribution in [-0.2, 0) is 0 Å². The molecule has 0 saturated heterocycles. The molecule has 1 fully saturated rings. The molecule has 3 N–H and O–H groups in total. The maximum absolute atomic E-state index is 12.4. The first-order valence-electron chi connectivity index (χ1n) is 6.01. The monoisotopic (exact) mass is 254 g/mol. The summed E-state index contributed by atoms with van der Waals surface area (Å²) in [6.07, 6.45) is -0.359. The third-order valence-corrected chi connectivity index (χ3v) is 3.48. The molecule has 0 aromatic heterocycles. The fourth-order valence-corrected chi connectivity index (χ4v) is 2.64. The minimum atomic E-state index is -4.22. The number of nitrogens with zero attached hydrogens (tertiary/aromatic N) is 1. The van der Waals surface area contributed by atoms with Crippen molar-refractivity contribution in [1.29, 1.82) is 0 Å². The van der Waals surface area contributed by atoms with E-state index in [9.17, 15) is 13.2 Å². The number of aliphatic hydroxyl groups is 1. The van der Waals surface area contributed by atoms with Gasteiger partial charge in [0.15, 0.2) is 0 Å². The van der Waals surface area contributed by atoms with Gasteiger partial charge in [-0.2, -0.15) is 13.2 Å². The highest BCUT2D eigenvalue weighted by Crippen LogP contribution is 2.38. The van der Waals surface area contributed by atoms with Crippen molar-refractivity contribution in [1.82, 2.24) is 4.90 Å². The third kappa shape index (κ3) is 4.81. The van der Waals surface area contributed by atoms with Gasteiger partial charge < -0.3 is 10.8 Å². The topological polar surface area (TPSA) is 49.5 Å². The Morgan fingerprint density at radius 1 is 1.24 bits per heavy atom. The van der Waals surface area contributed by atoms with Crippen LogP contribution in [0.3, 0.4) is 0 Å². The Balaban J connectivity index is 2.58. The highest BCUT2D eigenvalue weighted by atomic mass is 19.4. The van der Waals surface area contributed by atoms with Gasteiger partial charge in [0, 0.05) is 13.1 Å². The minimum absolute atomic E-state index is 0.0568. The Kier molecular flexibility index (Phi) is 5.22. The van der Waals surface area contributed by atoms with E-state index in [1.807, 2.05) is 0 Å². The quantitative estimate of drug-likeness (QED) is 0.752. The van der Waals surface area contributed by atoms with Gasteiger partial charge in [-0.25, -0.2) is 0 Å². The number of nitrogens with two attached hydrogens (primary N) is 1. The van der Waals surface area contributed by atoms with Crippen LogP contribution in [0.1, 0.15) is 25.7 Å². The minimum Gasteiger partial charge on any atom is -0.395 e. The summed E-state index contributed by atoms with van der Waals surface area (Å²) in [6, 6.07) is 0. The Bertz CT molecular complexity index is 227. The molecule has 0 amide bonds. The van der Waals surface area contributed by atoms with Crippen LogP contribution < -0.4 is 5.73 Å². The predicted octanol–water partition coefficient (Wildman–Crippen LogP) is 1.36. The van der Waals surface area contributed by atoms with E-state index in [2.05, 4.69) is 0 Å². The molecule has 1 aliphatic rings. The summed E-state index contributed by atoms with van der Waals surface area (Å²) in [5.74, 6) is 0. The molecule has 3 nitrogen and oxygen atoms in total. The molecule has 1 aliphatic carbocycles. The summed E-state index contributed by atoms with van der Waals surface area (Å²) in [4.78, 5) is 1.28. The van der Waals surface area contributed by atoms with E-state index >= 15 is 0 Å². The van der Waals surface area contributed by atoms with Crippen molar-refractivity contribution < 1.29 is 18.3 Å². The van der Waals surface area contributed by atoms with Gasteiger partial charge in [-0.05, 0) is 24.8 Å². The molecule has 6 heteroatoms. The highest BCUT2D eigenvalue weighted by Gasteiger charge is 2.37. The average Bonchev–Trinajstić information content (AvgIpc) is 2.65. The van der Waals surface area contributed by atoms with Gasteiger partial charge in [0.25, 0.3) is 0 Å². The van der Waals surface area contributed by atoms with Crippen molar-refractivity contribution in [3.05, 3.63) is 0 Å². The third-order valence-electron chi connectivity index (χ3n) is 3.48. The van der Waals surface area contributed by atoms with Crippen LogP contribution in [0.2, 0.25) is 0 Å². The van der Waals surface area contributed by atoms with Gasteiger partial charge in [-0.15, -0.1) is 0 Å². The lowest BCUT2D eigenvalue weighted by Crippen LogP contribution is -2.45. The first-order valence-corrected chi connectivity index (χ1v) is 6.01. The number of hydrogen-bond acceptors (Lipinski definition) is 3. The van der Waals surface area contributed by atoms with Gasteiger partial charge in [0.05, 0.1) is 13.2 Å². The van der Waals surface area contributed by atoms with E-state index in [1.54, 1.807) is 0 Å². The molecule has 0 atom stereocenters. The second-order valence-corrected chi connectivity index (χ2v) is 4.96. The van der Waals surface area contributed by atoms with Crippen molar-refractivity contribution in [2.24, 2.45) is 11.1 Å². The van der Waals surface area contributed by atoms with Crippen LogP contribution in [-0.4, -0.2) is 49.0 Å². The molecule has 1 rings (SSSR count). The molecule has 0 aromatic rings. The highest BCUT2D eigenvalue weighted by molar-refractivity contribution is 4.88. The van der Waals surface area contributed by atoms with E-state index in [4.69, 9.17) is 10.8 Å². The summed E-state index contributed by atoms with van der Waals surface area (Å²) >= 11 is 0. The maximum Gasteiger partial charge on any atom is 0.401 e. The van der Waals surface area contributed by atoms with Gasteiger partial charge in [0.2, 0.25) is 0 Å². The van der Waals surface area contributed by atoms with Crippen LogP contribution in [0.25, 0.3) is 0 Å². The molecule has 102 valence electrons. The standard InChI is InChI=1S/C11H21F3N2O/c12-11(13,14)9-16(5-6-17)8-10(7-15)3-1-2-4-10/h17H,1-9,15H2. The summed E-state index contributed by atoms with van der Waals surface area (Å²) < 4.78 is 37.1. The van der Waals surface area contributed by atoms with Crippen LogP contribution in [0.5, 0.6) is 0 Å². The van der Waals surface area contributed by atoms with Crippen molar-refractivity contribution in [3.8, 4) is 0 Å². The number of hydrogen-bond donors (Lipinski definition) is 2. The van der Waals surface area contributed by atoms with E-state index in [1.165, 1.54) is 4.90 Å². The zero-order chi connectivity index (χ0) is 12.9. The Hall–Kier alpha value is -0.330. The van der Waals surface area contributed by atoms with Gasteiger partial charge >= 0.3 is 6.18 Å². The largest absolute Gasteiger partial charge is 0.401 e. The fourth-order valence-electron chi connectivity index (χ4n) is 2.64. The fraction of sp³-hybridized carbons (Fsp3) is 1.00. The first-order chi connectivity index (χ1) is 7.91. The molecule has 0 aliphatic heterocycles. The second-order valence-electron chi connectivity index (χ2n) is 4.96. The van der Waals surface area contributed by atoms with Crippen LogP contribution in [0.4, 0.5) is 13.2 Å². The molecule has 0 spiro atoms. The molecule has 0 radical (unpaired) electrons. The molecule has 0 unspecified atom stereocenters. The Labute approximate surface area is 99.8 Å². The van der Waals surface area contributed by atoms with Gasteiger partial charge in [-0.3, -0.25) is 4.90 Å². The maximum atomic E-state index is 12.4. The summed E-state index contributed by atoms with van der Waals surface area (Å²) in [5.41, 5.74) is 5.53.